The molecule has 0 saturated heterocycles. The lowest BCUT2D eigenvalue weighted by atomic mass is 10.1. The zero-order valence-electron chi connectivity index (χ0n) is 37.7. The Balaban J connectivity index is 4.29. The highest BCUT2D eigenvalue weighted by Gasteiger charge is 2.20. The van der Waals surface area contributed by atoms with Crippen molar-refractivity contribution in [1.82, 2.24) is 21.3 Å². The van der Waals surface area contributed by atoms with Gasteiger partial charge in [0.2, 0.25) is 23.6 Å². The van der Waals surface area contributed by atoms with Gasteiger partial charge in [-0.05, 0) is 30.3 Å². The van der Waals surface area contributed by atoms with Crippen LogP contribution >= 0.6 is 0 Å². The number of hydrogen-bond donors (Lipinski definition) is 5. The Kier molecular flexibility index (Phi) is 47.8. The van der Waals surface area contributed by atoms with E-state index in [0.717, 1.165) is 0 Å². The Morgan fingerprint density at radius 1 is 0.431 bits per heavy atom. The maximum Gasteiger partial charge on any atom is 0.246 e. The first kappa shape index (κ1) is 61.0. The third-order valence-electron chi connectivity index (χ3n) is 7.74. The zero-order valence-corrected chi connectivity index (χ0v) is 37.7. The number of nitrogens with one attached hydrogen (secondary N) is 4. The third-order valence-corrected chi connectivity index (χ3v) is 7.74. The number of nitrogens with two attached hydrogens (primary N) is 1. The normalized spacial score (nSPS) is 11.3. The predicted octanol–water partition coefficient (Wildman–Crippen LogP) is -1.23. The molecule has 0 aromatic rings. The molecule has 0 aliphatic heterocycles. The topological polar surface area (TPSA) is 351 Å². The molecule has 0 spiro atoms. The molecule has 65 heavy (non-hydrogen) atoms. The van der Waals surface area contributed by atoms with Crippen LogP contribution in [-0.4, -0.2) is 228 Å². The number of hydrogen-bond acceptors (Lipinski definition) is 19. The molecule has 1 atom stereocenters. The van der Waals surface area contributed by atoms with Gasteiger partial charge in [-0.25, -0.2) is 0 Å². The zero-order chi connectivity index (χ0) is 47.4. The van der Waals surface area contributed by atoms with Crippen LogP contribution in [0.5, 0.6) is 0 Å². The van der Waals surface area contributed by atoms with Crippen LogP contribution in [0.15, 0.2) is 10.2 Å². The lowest BCUT2D eigenvalue weighted by Crippen LogP contribution is -2.48. The van der Waals surface area contributed by atoms with Gasteiger partial charge in [-0.1, -0.05) is 10.2 Å². The van der Waals surface area contributed by atoms with Crippen molar-refractivity contribution < 1.29 is 76.0 Å². The third kappa shape index (κ3) is 47.8. The number of ether oxygens (including phenoxy) is 12. The molecule has 0 saturated carbocycles. The van der Waals surface area contributed by atoms with Gasteiger partial charge in [0.1, 0.15) is 25.9 Å². The summed E-state index contributed by atoms with van der Waals surface area (Å²) in [6, 6.07) is -0.855. The Morgan fingerprint density at radius 3 is 1.22 bits per heavy atom. The molecule has 0 aliphatic rings. The van der Waals surface area contributed by atoms with Gasteiger partial charge < -0.3 is 83.8 Å². The lowest BCUT2D eigenvalue weighted by molar-refractivity contribution is -0.132. The van der Waals surface area contributed by atoms with E-state index in [1.54, 1.807) is 0 Å². The Morgan fingerprint density at radius 2 is 0.785 bits per heavy atom. The van der Waals surface area contributed by atoms with Crippen LogP contribution in [0.1, 0.15) is 19.3 Å². The van der Waals surface area contributed by atoms with Crippen LogP contribution < -0.4 is 27.0 Å². The fourth-order valence-electron chi connectivity index (χ4n) is 4.68. The van der Waals surface area contributed by atoms with Crippen molar-refractivity contribution in [2.24, 2.45) is 16.0 Å². The van der Waals surface area contributed by atoms with E-state index in [2.05, 4.69) is 41.3 Å². The first-order valence-electron chi connectivity index (χ1n) is 21.7. The van der Waals surface area contributed by atoms with Gasteiger partial charge in [-0.15, -0.1) is 0 Å². The van der Waals surface area contributed by atoms with Gasteiger partial charge in [0.25, 0.3) is 0 Å². The summed E-state index contributed by atoms with van der Waals surface area (Å²) in [5.41, 5.74) is 21.8. The highest BCUT2D eigenvalue weighted by atomic mass is 16.6. The first-order chi connectivity index (χ1) is 31.9. The Bertz CT molecular complexity index is 1250. The van der Waals surface area contributed by atoms with E-state index >= 15 is 0 Å². The summed E-state index contributed by atoms with van der Waals surface area (Å²) in [4.78, 5) is 55.0. The molecule has 27 nitrogen and oxygen atoms in total. The second-order valence-electron chi connectivity index (χ2n) is 13.0. The minimum absolute atomic E-state index is 0.0858. The second kappa shape index (κ2) is 51.0. The van der Waals surface area contributed by atoms with Crippen molar-refractivity contribution in [3.8, 4) is 0 Å². The second-order valence-corrected chi connectivity index (χ2v) is 13.0. The molecule has 27 heteroatoms. The molecule has 0 radical (unpaired) electrons. The molecule has 0 unspecified atom stereocenters. The van der Waals surface area contributed by atoms with Crippen molar-refractivity contribution in [2.45, 2.75) is 25.3 Å². The van der Waals surface area contributed by atoms with Crippen LogP contribution in [0.25, 0.3) is 20.9 Å². The molecule has 6 N–H and O–H groups in total. The molecular formula is C38H73N11O16. The van der Waals surface area contributed by atoms with E-state index < -0.39 is 17.9 Å². The lowest BCUT2D eigenvalue weighted by Gasteiger charge is -2.19. The number of nitrogens with zero attached hydrogens (tertiary/aromatic N) is 6. The monoisotopic (exact) mass is 940 g/mol. The van der Waals surface area contributed by atoms with E-state index in [1.807, 2.05) is 0 Å². The van der Waals surface area contributed by atoms with Crippen molar-refractivity contribution in [2.75, 3.05) is 198 Å². The molecule has 4 amide bonds. The molecule has 0 heterocycles. The number of azide groups is 2. The van der Waals surface area contributed by atoms with Crippen molar-refractivity contribution >= 4 is 23.6 Å². The Labute approximate surface area is 380 Å². The molecule has 0 bridgehead atoms. The van der Waals surface area contributed by atoms with Crippen LogP contribution in [0, 0.1) is 0 Å². The van der Waals surface area contributed by atoms with E-state index in [4.69, 9.17) is 73.6 Å². The van der Waals surface area contributed by atoms with E-state index in [0.29, 0.717) is 125 Å². The summed E-state index contributed by atoms with van der Waals surface area (Å²) in [6.07, 6.45) is 1.36. The predicted molar refractivity (Wildman–Crippen MR) is 232 cm³/mol. The largest absolute Gasteiger partial charge is 0.379 e. The minimum Gasteiger partial charge on any atom is -0.379 e. The highest BCUT2D eigenvalue weighted by Crippen LogP contribution is 2.02. The molecular weight excluding hydrogens is 866 g/mol. The van der Waals surface area contributed by atoms with Gasteiger partial charge in [-0.3, -0.25) is 19.2 Å². The van der Waals surface area contributed by atoms with Crippen LogP contribution in [0.2, 0.25) is 0 Å². The van der Waals surface area contributed by atoms with E-state index in [-0.39, 0.29) is 104 Å². The molecule has 0 aromatic carbocycles. The summed E-state index contributed by atoms with van der Waals surface area (Å²) in [5.74, 6) is -1.45. The van der Waals surface area contributed by atoms with Crippen LogP contribution in [0.3, 0.4) is 0 Å². The van der Waals surface area contributed by atoms with Crippen LogP contribution in [-0.2, 0) is 76.0 Å². The number of carbonyl (C=O) groups is 4. The van der Waals surface area contributed by atoms with E-state index in [1.165, 1.54) is 0 Å². The number of unbranched alkanes of at least 4 members (excludes halogenated alkanes) is 1. The van der Waals surface area contributed by atoms with E-state index in [9.17, 15) is 19.2 Å². The van der Waals surface area contributed by atoms with Crippen molar-refractivity contribution in [1.29, 1.82) is 0 Å². The summed E-state index contributed by atoms with van der Waals surface area (Å²) in [5, 5.41) is 17.7. The van der Waals surface area contributed by atoms with Crippen molar-refractivity contribution in [3.63, 3.8) is 0 Å². The minimum atomic E-state index is -0.855. The van der Waals surface area contributed by atoms with Crippen molar-refractivity contribution in [3.05, 3.63) is 20.9 Å². The quantitative estimate of drug-likeness (QED) is 0.0206. The molecule has 0 aromatic heterocycles. The number of rotatable bonds is 51. The SMILES string of the molecule is [N-]=[N+]=NCCOCCOCCOCCNC(=O)[C@H](CCCCNC(=O)COCCOCCOCCN=[N+]=[N-])NC(=O)COCCOCCOCCNC(=O)COCCOCCOCCN. The average molecular weight is 940 g/mol. The molecule has 376 valence electrons. The first-order valence-corrected chi connectivity index (χ1v) is 21.7. The number of carbonyl (C=O) groups excluding carboxylic acids is 4. The van der Waals surface area contributed by atoms with Gasteiger partial charge >= 0.3 is 0 Å². The molecule has 0 rings (SSSR count). The maximum atomic E-state index is 13.0. The number of amides is 4. The Hall–Kier alpha value is -4.02. The molecule has 0 fully saturated rings. The van der Waals surface area contributed by atoms with Gasteiger partial charge in [-0.2, -0.15) is 0 Å². The van der Waals surface area contributed by atoms with Gasteiger partial charge in [0, 0.05) is 49.1 Å². The molecule has 0 aliphatic carbocycles. The summed E-state index contributed by atoms with van der Waals surface area (Å²) < 4.78 is 64.1. The van der Waals surface area contributed by atoms with Crippen LogP contribution in [0.4, 0.5) is 0 Å². The summed E-state index contributed by atoms with van der Waals surface area (Å²) in [6.45, 7) is 7.86. The van der Waals surface area contributed by atoms with Gasteiger partial charge in [0.15, 0.2) is 0 Å². The average Bonchev–Trinajstić information content (AvgIpc) is 3.30. The maximum absolute atomic E-state index is 13.0. The summed E-state index contributed by atoms with van der Waals surface area (Å²) in [7, 11) is 0. The van der Waals surface area contributed by atoms with Gasteiger partial charge in [0.05, 0.1) is 139 Å². The highest BCUT2D eigenvalue weighted by molar-refractivity contribution is 5.88. The summed E-state index contributed by atoms with van der Waals surface area (Å²) >= 11 is 0. The fraction of sp³-hybridized carbons (Fsp3) is 0.895. The smallest absolute Gasteiger partial charge is 0.246 e. The fourth-order valence-corrected chi connectivity index (χ4v) is 4.68. The standard InChI is InChI=1S/C38H73N11O16/c39-4-10-54-15-20-60-25-29-64-32-36(51)43-6-11-55-16-22-61-27-30-65-33-37(52)47-34(38(53)44-7-12-56-17-21-59-23-18-57-13-8-45-48-40)3-1-2-5-42-35(50)31-63-28-26-62-24-19-58-14-9-46-49-41/h34H,1-33,39H2,(H,42,50)(H,43,51)(H,44,53)(H,47,52)/t34-/m0/s1.